The molecule has 0 aromatic rings. The molecule has 1 saturated heterocycles. The Morgan fingerprint density at radius 3 is 2.17 bits per heavy atom. The first kappa shape index (κ1) is 10.8. The van der Waals surface area contributed by atoms with Crippen LogP contribution in [0, 0.1) is 0 Å². The zero-order chi connectivity index (χ0) is 9.10. The molecule has 74 valence electrons. The first-order valence-electron chi connectivity index (χ1n) is 5.35. The predicted molar refractivity (Wildman–Crippen MR) is 62.1 cm³/mol. The Labute approximate surface area is 81.8 Å². The van der Waals surface area contributed by atoms with Crippen molar-refractivity contribution in [1.82, 2.24) is 0 Å². The topological polar surface area (TPSA) is 0 Å². The number of unbranched alkanes of at least 4 members (excludes halogenated alkanes) is 1. The van der Waals surface area contributed by atoms with Gasteiger partial charge in [0.25, 0.3) is 0 Å². The normalized spacial score (nSPS) is 29.4. The van der Waals surface area contributed by atoms with Gasteiger partial charge in [-0.1, -0.05) is 0 Å². The Balaban J connectivity index is 2.59. The molecule has 0 unspecified atom stereocenters. The molecular formula is C10H22ClP. The Bertz CT molecular complexity index is 150. The summed E-state index contributed by atoms with van der Waals surface area (Å²) in [4.78, 5) is 0. The fourth-order valence-corrected chi connectivity index (χ4v) is 8.21. The molecule has 0 amide bonds. The summed E-state index contributed by atoms with van der Waals surface area (Å²) in [5.41, 5.74) is 0. The van der Waals surface area contributed by atoms with Crippen molar-refractivity contribution < 1.29 is 0 Å². The molecule has 1 heterocycles. The van der Waals surface area contributed by atoms with Crippen LogP contribution in [0.25, 0.3) is 0 Å². The molecular weight excluding hydrogens is 187 g/mol. The average Bonchev–Trinajstić information content (AvgIpc) is 2.48. The molecule has 0 radical (unpaired) electrons. The van der Waals surface area contributed by atoms with Gasteiger partial charge in [-0.2, -0.15) is 0 Å². The fraction of sp³-hybridized carbons (Fsp3) is 1.00. The van der Waals surface area contributed by atoms with Gasteiger partial charge in [-0.3, -0.25) is 0 Å². The van der Waals surface area contributed by atoms with E-state index in [4.69, 9.17) is 11.2 Å². The zero-order valence-electron chi connectivity index (χ0n) is 8.48. The van der Waals surface area contributed by atoms with Gasteiger partial charge in [-0.05, 0) is 0 Å². The molecule has 1 fully saturated rings. The Morgan fingerprint density at radius 1 is 1.17 bits per heavy atom. The average molecular weight is 209 g/mol. The summed E-state index contributed by atoms with van der Waals surface area (Å²) in [5, 5.41) is 0. The van der Waals surface area contributed by atoms with Crippen LogP contribution in [-0.2, 0) is 0 Å². The van der Waals surface area contributed by atoms with E-state index < -0.39 is 5.96 Å². The Morgan fingerprint density at radius 2 is 1.75 bits per heavy atom. The molecule has 0 aliphatic carbocycles. The van der Waals surface area contributed by atoms with Crippen molar-refractivity contribution in [2.45, 2.75) is 39.5 Å². The van der Waals surface area contributed by atoms with Crippen molar-refractivity contribution >= 4 is 17.2 Å². The van der Waals surface area contributed by atoms with Crippen molar-refractivity contribution in [2.75, 3.05) is 24.6 Å². The first-order valence-corrected chi connectivity index (χ1v) is 9.23. The van der Waals surface area contributed by atoms with Crippen molar-refractivity contribution in [2.24, 2.45) is 0 Å². The molecule has 12 heavy (non-hydrogen) atoms. The van der Waals surface area contributed by atoms with Crippen molar-refractivity contribution in [3.05, 3.63) is 0 Å². The van der Waals surface area contributed by atoms with E-state index in [0.29, 0.717) is 0 Å². The predicted octanol–water partition coefficient (Wildman–Crippen LogP) is 4.31. The summed E-state index contributed by atoms with van der Waals surface area (Å²) >= 11 is 6.92. The molecule has 0 bridgehead atoms. The molecule has 1 aliphatic rings. The molecule has 1 rings (SSSR count). The van der Waals surface area contributed by atoms with E-state index >= 15 is 0 Å². The molecule has 1 aliphatic heterocycles. The van der Waals surface area contributed by atoms with Crippen LogP contribution in [0.3, 0.4) is 0 Å². The second-order valence-corrected chi connectivity index (χ2v) is 12.8. The van der Waals surface area contributed by atoms with Gasteiger partial charge in [0.05, 0.1) is 0 Å². The summed E-state index contributed by atoms with van der Waals surface area (Å²) in [5.74, 6) is -1.62. The third-order valence-corrected chi connectivity index (χ3v) is 11.7. The van der Waals surface area contributed by atoms with Crippen LogP contribution < -0.4 is 0 Å². The zero-order valence-corrected chi connectivity index (χ0v) is 10.1. The molecule has 0 aromatic heterocycles. The van der Waals surface area contributed by atoms with Gasteiger partial charge in [0.1, 0.15) is 0 Å². The molecule has 0 saturated carbocycles. The van der Waals surface area contributed by atoms with Crippen LogP contribution in [0.2, 0.25) is 0 Å². The Kier molecular flexibility index (Phi) is 3.46. The van der Waals surface area contributed by atoms with Gasteiger partial charge in [-0.25, -0.2) is 0 Å². The standard InChI is InChI=1S/C10H22ClP/c1-3-5-8-12(11,4-2)9-6-7-10-12/h3-10H2,1-2H3. The van der Waals surface area contributed by atoms with Crippen molar-refractivity contribution in [1.29, 1.82) is 0 Å². The number of hydrogen-bond donors (Lipinski definition) is 0. The minimum absolute atomic E-state index is 1.28. The minimum atomic E-state index is -1.62. The van der Waals surface area contributed by atoms with Crippen LogP contribution in [0.15, 0.2) is 0 Å². The van der Waals surface area contributed by atoms with Crippen molar-refractivity contribution in [3.8, 4) is 0 Å². The van der Waals surface area contributed by atoms with Crippen LogP contribution in [0.5, 0.6) is 0 Å². The summed E-state index contributed by atoms with van der Waals surface area (Å²) in [7, 11) is 0. The second-order valence-electron chi connectivity index (χ2n) is 4.37. The maximum absolute atomic E-state index is 6.92. The van der Waals surface area contributed by atoms with E-state index in [0.717, 1.165) is 0 Å². The van der Waals surface area contributed by atoms with Gasteiger partial charge in [0.2, 0.25) is 0 Å². The molecule has 0 N–H and O–H groups in total. The third kappa shape index (κ3) is 2.15. The van der Waals surface area contributed by atoms with Gasteiger partial charge in [-0.15, -0.1) is 0 Å². The van der Waals surface area contributed by atoms with E-state index in [-0.39, 0.29) is 0 Å². The van der Waals surface area contributed by atoms with E-state index in [1.54, 1.807) is 0 Å². The summed E-state index contributed by atoms with van der Waals surface area (Å²) in [6, 6.07) is 0. The first-order chi connectivity index (χ1) is 5.63. The van der Waals surface area contributed by atoms with Crippen LogP contribution in [0.1, 0.15) is 39.5 Å². The van der Waals surface area contributed by atoms with Gasteiger partial charge in [0, 0.05) is 0 Å². The molecule has 0 spiro atoms. The molecule has 0 nitrogen and oxygen atoms in total. The molecule has 0 atom stereocenters. The number of rotatable bonds is 4. The maximum atomic E-state index is 6.92. The van der Waals surface area contributed by atoms with Gasteiger partial charge >= 0.3 is 81.4 Å². The van der Waals surface area contributed by atoms with E-state index in [2.05, 4.69) is 13.8 Å². The third-order valence-electron chi connectivity index (χ3n) is 3.54. The van der Waals surface area contributed by atoms with E-state index in [1.165, 1.54) is 50.3 Å². The van der Waals surface area contributed by atoms with Crippen molar-refractivity contribution in [3.63, 3.8) is 0 Å². The van der Waals surface area contributed by atoms with Crippen LogP contribution >= 0.6 is 17.2 Å². The summed E-state index contributed by atoms with van der Waals surface area (Å²) in [6.07, 6.45) is 10.9. The Hall–Kier alpha value is 0.720. The second kappa shape index (κ2) is 3.84. The summed E-state index contributed by atoms with van der Waals surface area (Å²) in [6.45, 7) is 4.58. The van der Waals surface area contributed by atoms with Gasteiger partial charge < -0.3 is 0 Å². The number of halogens is 1. The van der Waals surface area contributed by atoms with Crippen LogP contribution in [0.4, 0.5) is 0 Å². The van der Waals surface area contributed by atoms with E-state index in [9.17, 15) is 0 Å². The fourth-order valence-electron chi connectivity index (χ4n) is 2.38. The van der Waals surface area contributed by atoms with Gasteiger partial charge in [0.15, 0.2) is 0 Å². The van der Waals surface area contributed by atoms with E-state index in [1.807, 2.05) is 0 Å². The van der Waals surface area contributed by atoms with Crippen LogP contribution in [-0.4, -0.2) is 24.6 Å². The molecule has 0 aromatic carbocycles. The monoisotopic (exact) mass is 208 g/mol. The number of hydrogen-bond acceptors (Lipinski definition) is 0. The summed E-state index contributed by atoms with van der Waals surface area (Å²) < 4.78 is 0. The quantitative estimate of drug-likeness (QED) is 0.604. The SMILES string of the molecule is CCCCP1(Cl)(CC)CCCC1. The molecule has 2 heteroatoms.